The van der Waals surface area contributed by atoms with E-state index in [1.54, 1.807) is 19.2 Å². The summed E-state index contributed by atoms with van der Waals surface area (Å²) >= 11 is 11.7. The standard InChI is InChI=1S/C18H14Cl2FN3O3/c1-25-6-9-7-26-14-5-13-10(4-15(14)27-9)18(23-8-22-13)24-12-3-2-11(19)16(20)17(12)21/h2-5,8-9H,6-7H2,1H3,(H,22,23,24). The lowest BCUT2D eigenvalue weighted by Gasteiger charge is -2.26. The van der Waals surface area contributed by atoms with Crippen molar-refractivity contribution >= 4 is 45.6 Å². The van der Waals surface area contributed by atoms with Crippen molar-refractivity contribution in [3.8, 4) is 11.5 Å². The second kappa shape index (κ2) is 7.34. The molecule has 0 amide bonds. The first-order chi connectivity index (χ1) is 13.1. The molecule has 1 aromatic heterocycles. The smallest absolute Gasteiger partial charge is 0.166 e. The first kappa shape index (κ1) is 18.0. The van der Waals surface area contributed by atoms with Crippen LogP contribution in [0.5, 0.6) is 11.5 Å². The van der Waals surface area contributed by atoms with Crippen molar-refractivity contribution in [2.45, 2.75) is 6.10 Å². The maximum atomic E-state index is 14.4. The molecule has 140 valence electrons. The van der Waals surface area contributed by atoms with E-state index in [2.05, 4.69) is 15.3 Å². The number of halogens is 3. The van der Waals surface area contributed by atoms with Crippen molar-refractivity contribution in [3.63, 3.8) is 0 Å². The molecular formula is C18H14Cl2FN3O3. The highest BCUT2D eigenvalue weighted by Crippen LogP contribution is 2.38. The molecule has 1 atom stereocenters. The highest BCUT2D eigenvalue weighted by molar-refractivity contribution is 6.42. The Labute approximate surface area is 164 Å². The monoisotopic (exact) mass is 409 g/mol. The molecule has 6 nitrogen and oxygen atoms in total. The van der Waals surface area contributed by atoms with Crippen molar-refractivity contribution in [2.75, 3.05) is 25.6 Å². The van der Waals surface area contributed by atoms with Crippen LogP contribution < -0.4 is 14.8 Å². The summed E-state index contributed by atoms with van der Waals surface area (Å²) in [5.41, 5.74) is 0.775. The molecule has 1 aliphatic heterocycles. The molecule has 9 heteroatoms. The minimum Gasteiger partial charge on any atom is -0.486 e. The predicted molar refractivity (Wildman–Crippen MR) is 101 cm³/mol. The molecule has 0 saturated carbocycles. The Bertz CT molecular complexity index is 1020. The van der Waals surface area contributed by atoms with Crippen molar-refractivity contribution in [1.82, 2.24) is 9.97 Å². The number of nitrogens with one attached hydrogen (secondary N) is 1. The van der Waals surface area contributed by atoms with Gasteiger partial charge in [-0.3, -0.25) is 0 Å². The van der Waals surface area contributed by atoms with Crippen LogP contribution in [-0.4, -0.2) is 36.4 Å². The normalized spacial score (nSPS) is 15.8. The Morgan fingerprint density at radius 1 is 1.26 bits per heavy atom. The van der Waals surface area contributed by atoms with E-state index in [9.17, 15) is 4.39 Å². The number of hydrogen-bond donors (Lipinski definition) is 1. The average Bonchev–Trinajstić information content (AvgIpc) is 2.67. The van der Waals surface area contributed by atoms with Gasteiger partial charge in [0.25, 0.3) is 0 Å². The molecule has 2 heterocycles. The summed E-state index contributed by atoms with van der Waals surface area (Å²) in [7, 11) is 1.60. The van der Waals surface area contributed by atoms with Crippen LogP contribution in [0.15, 0.2) is 30.6 Å². The molecule has 0 fully saturated rings. The van der Waals surface area contributed by atoms with Crippen LogP contribution in [0.3, 0.4) is 0 Å². The van der Waals surface area contributed by atoms with Crippen molar-refractivity contribution < 1.29 is 18.6 Å². The lowest BCUT2D eigenvalue weighted by Crippen LogP contribution is -2.32. The summed E-state index contributed by atoms with van der Waals surface area (Å²) in [5, 5.41) is 3.56. The maximum absolute atomic E-state index is 14.4. The zero-order valence-corrected chi connectivity index (χ0v) is 15.6. The Balaban J connectivity index is 1.74. The molecule has 1 N–H and O–H groups in total. The second-order valence-electron chi connectivity index (χ2n) is 5.89. The molecule has 3 aromatic rings. The summed E-state index contributed by atoms with van der Waals surface area (Å²) in [6, 6.07) is 6.51. The van der Waals surface area contributed by atoms with Gasteiger partial charge in [-0.1, -0.05) is 23.2 Å². The molecule has 4 rings (SSSR count). The zero-order valence-electron chi connectivity index (χ0n) is 14.1. The van der Waals surface area contributed by atoms with E-state index in [4.69, 9.17) is 37.4 Å². The van der Waals surface area contributed by atoms with Gasteiger partial charge in [0.1, 0.15) is 18.8 Å². The maximum Gasteiger partial charge on any atom is 0.166 e. The average molecular weight is 410 g/mol. The quantitative estimate of drug-likeness (QED) is 0.634. The minimum absolute atomic E-state index is 0.135. The number of rotatable bonds is 4. The number of aromatic nitrogens is 2. The van der Waals surface area contributed by atoms with Crippen LogP contribution in [-0.2, 0) is 4.74 Å². The highest BCUT2D eigenvalue weighted by atomic mass is 35.5. The van der Waals surface area contributed by atoms with Gasteiger partial charge in [0.15, 0.2) is 23.4 Å². The summed E-state index contributed by atoms with van der Waals surface area (Å²) in [4.78, 5) is 8.46. The number of methoxy groups -OCH3 is 1. The second-order valence-corrected chi connectivity index (χ2v) is 6.68. The van der Waals surface area contributed by atoms with E-state index in [0.717, 1.165) is 0 Å². The number of ether oxygens (including phenoxy) is 3. The van der Waals surface area contributed by atoms with E-state index in [1.807, 2.05) is 0 Å². The molecule has 27 heavy (non-hydrogen) atoms. The zero-order chi connectivity index (χ0) is 19.0. The van der Waals surface area contributed by atoms with Gasteiger partial charge in [-0.15, -0.1) is 0 Å². The lowest BCUT2D eigenvalue weighted by molar-refractivity contribution is 0.0274. The third kappa shape index (κ3) is 3.45. The minimum atomic E-state index is -0.659. The van der Waals surface area contributed by atoms with Crippen LogP contribution in [0.25, 0.3) is 10.9 Å². The molecule has 0 aliphatic carbocycles. The van der Waals surface area contributed by atoms with Crippen molar-refractivity contribution in [2.24, 2.45) is 0 Å². The molecule has 1 aliphatic rings. The van der Waals surface area contributed by atoms with Crippen molar-refractivity contribution in [3.05, 3.63) is 46.5 Å². The predicted octanol–water partition coefficient (Wildman–Crippen LogP) is 4.61. The lowest BCUT2D eigenvalue weighted by atomic mass is 10.2. The van der Waals surface area contributed by atoms with E-state index in [-0.39, 0.29) is 21.8 Å². The highest BCUT2D eigenvalue weighted by Gasteiger charge is 2.23. The molecule has 0 spiro atoms. The van der Waals surface area contributed by atoms with Crippen LogP contribution in [0, 0.1) is 5.82 Å². The Morgan fingerprint density at radius 3 is 2.93 bits per heavy atom. The van der Waals surface area contributed by atoms with E-state index in [1.165, 1.54) is 18.5 Å². The number of fused-ring (bicyclic) bond motifs is 2. The van der Waals surface area contributed by atoms with E-state index < -0.39 is 5.82 Å². The van der Waals surface area contributed by atoms with Crippen LogP contribution in [0.2, 0.25) is 10.0 Å². The Morgan fingerprint density at radius 2 is 2.11 bits per heavy atom. The Hall–Kier alpha value is -2.35. The van der Waals surface area contributed by atoms with Gasteiger partial charge < -0.3 is 19.5 Å². The summed E-state index contributed by atoms with van der Waals surface area (Å²) in [5.74, 6) is 0.870. The SMILES string of the molecule is COCC1COc2cc3ncnc(Nc4ccc(Cl)c(Cl)c4F)c3cc2O1. The van der Waals surface area contributed by atoms with Gasteiger partial charge >= 0.3 is 0 Å². The first-order valence-electron chi connectivity index (χ1n) is 8.04. The third-order valence-corrected chi connectivity index (χ3v) is 4.84. The van der Waals surface area contributed by atoms with Crippen LogP contribution in [0.4, 0.5) is 15.9 Å². The van der Waals surface area contributed by atoms with Crippen LogP contribution >= 0.6 is 23.2 Å². The van der Waals surface area contributed by atoms with Gasteiger partial charge in [0, 0.05) is 18.6 Å². The molecule has 2 aromatic carbocycles. The third-order valence-electron chi connectivity index (χ3n) is 4.06. The van der Waals surface area contributed by atoms with Crippen LogP contribution in [0.1, 0.15) is 0 Å². The Kier molecular flexibility index (Phi) is 4.90. The summed E-state index contributed by atoms with van der Waals surface area (Å²) in [6.45, 7) is 0.791. The number of nitrogens with zero attached hydrogens (tertiary/aromatic N) is 2. The summed E-state index contributed by atoms with van der Waals surface area (Å²) in [6.07, 6.45) is 1.16. The fourth-order valence-corrected chi connectivity index (χ4v) is 3.09. The topological polar surface area (TPSA) is 65.5 Å². The largest absolute Gasteiger partial charge is 0.486 e. The van der Waals surface area contributed by atoms with Gasteiger partial charge in [-0.2, -0.15) is 0 Å². The number of anilines is 2. The first-order valence-corrected chi connectivity index (χ1v) is 8.80. The molecule has 0 radical (unpaired) electrons. The van der Waals surface area contributed by atoms with Gasteiger partial charge in [0.05, 0.1) is 27.9 Å². The van der Waals surface area contributed by atoms with E-state index in [0.29, 0.717) is 41.4 Å². The molecule has 0 bridgehead atoms. The van der Waals surface area contributed by atoms with Gasteiger partial charge in [-0.05, 0) is 18.2 Å². The number of benzene rings is 2. The van der Waals surface area contributed by atoms with Gasteiger partial charge in [0.2, 0.25) is 0 Å². The van der Waals surface area contributed by atoms with E-state index >= 15 is 0 Å². The molecule has 1 unspecified atom stereocenters. The van der Waals surface area contributed by atoms with Crippen molar-refractivity contribution in [1.29, 1.82) is 0 Å². The molecule has 0 saturated heterocycles. The van der Waals surface area contributed by atoms with Gasteiger partial charge in [-0.25, -0.2) is 14.4 Å². The fraction of sp³-hybridized carbons (Fsp3) is 0.222. The molecular weight excluding hydrogens is 396 g/mol. The number of hydrogen-bond acceptors (Lipinski definition) is 6. The fourth-order valence-electron chi connectivity index (χ4n) is 2.78. The summed E-state index contributed by atoms with van der Waals surface area (Å²) < 4.78 is 31.1.